The minimum atomic E-state index is -4.51. The maximum absolute atomic E-state index is 11.0. The van der Waals surface area contributed by atoms with Crippen LogP contribution in [0.1, 0.15) is 13.3 Å². The molecule has 0 aromatic heterocycles. The van der Waals surface area contributed by atoms with E-state index < -0.39 is 19.9 Å². The Hall–Kier alpha value is -0.200. The van der Waals surface area contributed by atoms with Gasteiger partial charge < -0.3 is 14.5 Å². The highest BCUT2D eigenvalue weighted by Gasteiger charge is 2.21. The molecule has 0 saturated carbocycles. The molecule has 0 heterocycles. The van der Waals surface area contributed by atoms with E-state index in [9.17, 15) is 9.36 Å². The molecule has 0 aliphatic carbocycles. The fraction of sp³-hybridized carbons (Fsp3) is 0.625. The third-order valence-electron chi connectivity index (χ3n) is 1.48. The number of alkyl halides is 1. The molecule has 16 heavy (non-hydrogen) atoms. The molecule has 0 spiro atoms. The van der Waals surface area contributed by atoms with Gasteiger partial charge in [-0.15, -0.1) is 0 Å². The first-order chi connectivity index (χ1) is 7.26. The van der Waals surface area contributed by atoms with Crippen LogP contribution in [0.15, 0.2) is 12.2 Å². The van der Waals surface area contributed by atoms with E-state index in [1.165, 1.54) is 6.92 Å². The molecule has 0 aromatic carbocycles. The molecule has 0 amide bonds. The zero-order valence-corrected chi connectivity index (χ0v) is 11.2. The van der Waals surface area contributed by atoms with Crippen molar-refractivity contribution in [2.24, 2.45) is 0 Å². The van der Waals surface area contributed by atoms with Crippen molar-refractivity contribution in [1.82, 2.24) is 0 Å². The van der Waals surface area contributed by atoms with Gasteiger partial charge in [0.25, 0.3) is 0 Å². The molecule has 0 aliphatic rings. The van der Waals surface area contributed by atoms with Crippen LogP contribution in [0.2, 0.25) is 0 Å². The average Bonchev–Trinajstić information content (AvgIpc) is 2.13. The Labute approximate surface area is 102 Å². The highest BCUT2D eigenvalue weighted by atomic mass is 79.9. The van der Waals surface area contributed by atoms with Gasteiger partial charge in [-0.25, -0.2) is 9.36 Å². The number of hydrogen-bond acceptors (Lipinski definition) is 4. The Morgan fingerprint density at radius 1 is 1.56 bits per heavy atom. The third kappa shape index (κ3) is 8.01. The normalized spacial score (nSPS) is 13.2. The van der Waals surface area contributed by atoms with E-state index in [0.29, 0.717) is 0 Å². The van der Waals surface area contributed by atoms with Gasteiger partial charge in [0.05, 0.1) is 12.7 Å². The second-order valence-corrected chi connectivity index (χ2v) is 4.92. The van der Waals surface area contributed by atoms with Crippen LogP contribution < -0.4 is 0 Å². The molecule has 6 nitrogen and oxygen atoms in total. The summed E-state index contributed by atoms with van der Waals surface area (Å²) in [6.07, 6.45) is -0.520. The van der Waals surface area contributed by atoms with E-state index in [1.807, 2.05) is 0 Å². The van der Waals surface area contributed by atoms with Crippen molar-refractivity contribution in [3.05, 3.63) is 12.2 Å². The van der Waals surface area contributed by atoms with Gasteiger partial charge in [-0.2, -0.15) is 0 Å². The molecule has 2 N–H and O–H groups in total. The lowest BCUT2D eigenvalue weighted by atomic mass is 10.3. The van der Waals surface area contributed by atoms with Crippen LogP contribution in [-0.2, 0) is 18.6 Å². The number of esters is 1. The smallest absolute Gasteiger partial charge is 0.462 e. The quantitative estimate of drug-likeness (QED) is 0.319. The predicted octanol–water partition coefficient (Wildman–Crippen LogP) is 1.37. The number of rotatable bonds is 7. The number of hydrogen-bond donors (Lipinski definition) is 2. The van der Waals surface area contributed by atoms with Gasteiger partial charge in [0, 0.05) is 17.3 Å². The van der Waals surface area contributed by atoms with E-state index in [2.05, 4.69) is 27.0 Å². The van der Waals surface area contributed by atoms with Crippen molar-refractivity contribution in [3.8, 4) is 0 Å². The highest BCUT2D eigenvalue weighted by Crippen LogP contribution is 2.38. The van der Waals surface area contributed by atoms with Crippen molar-refractivity contribution in [2.75, 3.05) is 11.9 Å². The Balaban J connectivity index is 3.93. The van der Waals surface area contributed by atoms with E-state index in [0.717, 1.165) is 0 Å². The van der Waals surface area contributed by atoms with Crippen LogP contribution in [0, 0.1) is 0 Å². The minimum absolute atomic E-state index is 0.0158. The maximum atomic E-state index is 11.0. The summed E-state index contributed by atoms with van der Waals surface area (Å²) in [5.74, 6) is -0.537. The van der Waals surface area contributed by atoms with E-state index in [-0.39, 0.29) is 23.9 Å². The zero-order chi connectivity index (χ0) is 12.8. The van der Waals surface area contributed by atoms with Gasteiger partial charge in [-0.05, 0) is 6.92 Å². The van der Waals surface area contributed by atoms with E-state index >= 15 is 0 Å². The molecule has 0 bridgehead atoms. The highest BCUT2D eigenvalue weighted by molar-refractivity contribution is 9.09. The molecule has 1 atom stereocenters. The van der Waals surface area contributed by atoms with Crippen LogP contribution in [0.5, 0.6) is 0 Å². The lowest BCUT2D eigenvalue weighted by molar-refractivity contribution is -0.139. The monoisotopic (exact) mass is 316 g/mol. The van der Waals surface area contributed by atoms with E-state index in [1.54, 1.807) is 0 Å². The molecular formula is C8H14BrO6P. The molecule has 0 saturated heterocycles. The summed E-state index contributed by atoms with van der Waals surface area (Å²) < 4.78 is 19.7. The van der Waals surface area contributed by atoms with Crippen molar-refractivity contribution >= 4 is 29.7 Å². The first-order valence-corrected chi connectivity index (χ1v) is 7.04. The fourth-order valence-electron chi connectivity index (χ4n) is 0.758. The summed E-state index contributed by atoms with van der Waals surface area (Å²) in [6.45, 7) is 4.92. The van der Waals surface area contributed by atoms with Gasteiger partial charge in [-0.1, -0.05) is 22.5 Å². The molecular weight excluding hydrogens is 303 g/mol. The van der Waals surface area contributed by atoms with Gasteiger partial charge >= 0.3 is 13.8 Å². The number of carbonyl (C=O) groups is 1. The number of halogens is 1. The first kappa shape index (κ1) is 15.8. The number of ether oxygens (including phenoxy) is 1. The standard InChI is InChI=1S/C8H14BrO6P/c1-6(2)8(10)14-4-3-7(5-9)15-16(11,12)13/h7H,1,3-5H2,2H3,(H2,11,12,13). The second-order valence-electron chi connectivity index (χ2n) is 3.08. The second kappa shape index (κ2) is 7.19. The Morgan fingerprint density at radius 2 is 2.12 bits per heavy atom. The molecule has 1 unspecified atom stereocenters. The average molecular weight is 317 g/mol. The summed E-state index contributed by atoms with van der Waals surface area (Å²) in [7, 11) is -4.51. The molecule has 0 aromatic rings. The molecule has 8 heteroatoms. The summed E-state index contributed by atoms with van der Waals surface area (Å²) in [5.41, 5.74) is 0.270. The molecule has 0 radical (unpaired) electrons. The Bertz CT molecular complexity index is 299. The predicted molar refractivity (Wildman–Crippen MR) is 61.1 cm³/mol. The van der Waals surface area contributed by atoms with Crippen molar-refractivity contribution < 1.29 is 28.4 Å². The fourth-order valence-corrected chi connectivity index (χ4v) is 1.99. The lowest BCUT2D eigenvalue weighted by Crippen LogP contribution is -2.17. The van der Waals surface area contributed by atoms with Crippen LogP contribution >= 0.6 is 23.8 Å². The third-order valence-corrected chi connectivity index (χ3v) is 2.77. The zero-order valence-electron chi connectivity index (χ0n) is 8.76. The number of phosphoric acid groups is 1. The SMILES string of the molecule is C=C(C)C(=O)OCCC(CBr)OP(=O)(O)O. The maximum Gasteiger partial charge on any atom is 0.469 e. The largest absolute Gasteiger partial charge is 0.469 e. The number of phosphoric ester groups is 1. The first-order valence-electron chi connectivity index (χ1n) is 4.39. The topological polar surface area (TPSA) is 93.1 Å². The van der Waals surface area contributed by atoms with E-state index in [4.69, 9.17) is 14.5 Å². The van der Waals surface area contributed by atoms with Crippen LogP contribution in [0.4, 0.5) is 0 Å². The van der Waals surface area contributed by atoms with Crippen LogP contribution in [0.25, 0.3) is 0 Å². The molecule has 0 aliphatic heterocycles. The van der Waals surface area contributed by atoms with Crippen molar-refractivity contribution in [1.29, 1.82) is 0 Å². The van der Waals surface area contributed by atoms with Gasteiger partial charge in [0.2, 0.25) is 0 Å². The van der Waals surface area contributed by atoms with Gasteiger partial charge in [0.1, 0.15) is 0 Å². The summed E-state index contributed by atoms with van der Waals surface area (Å²) >= 11 is 3.04. The van der Waals surface area contributed by atoms with Crippen LogP contribution in [-0.4, -0.2) is 33.8 Å². The Kier molecular flexibility index (Phi) is 7.10. The lowest BCUT2D eigenvalue weighted by Gasteiger charge is -2.15. The minimum Gasteiger partial charge on any atom is -0.462 e. The number of carbonyl (C=O) groups excluding carboxylic acids is 1. The summed E-state index contributed by atoms with van der Waals surface area (Å²) in [4.78, 5) is 28.1. The summed E-state index contributed by atoms with van der Waals surface area (Å²) in [6, 6.07) is 0. The molecule has 0 fully saturated rings. The van der Waals surface area contributed by atoms with Gasteiger partial charge in [-0.3, -0.25) is 4.52 Å². The van der Waals surface area contributed by atoms with Crippen molar-refractivity contribution in [3.63, 3.8) is 0 Å². The van der Waals surface area contributed by atoms with Crippen LogP contribution in [0.3, 0.4) is 0 Å². The van der Waals surface area contributed by atoms with Gasteiger partial charge in [0.15, 0.2) is 0 Å². The molecule has 94 valence electrons. The Morgan fingerprint density at radius 3 is 2.50 bits per heavy atom. The van der Waals surface area contributed by atoms with Crippen molar-refractivity contribution in [2.45, 2.75) is 19.4 Å². The molecule has 0 rings (SSSR count). The summed E-state index contributed by atoms with van der Waals surface area (Å²) in [5, 5.41) is 0.239.